The zero-order valence-electron chi connectivity index (χ0n) is 11.1. The van der Waals surface area contributed by atoms with Gasteiger partial charge in [0.15, 0.2) is 0 Å². The third-order valence-electron chi connectivity index (χ3n) is 4.06. The summed E-state index contributed by atoms with van der Waals surface area (Å²) in [6.45, 7) is 4.82. The van der Waals surface area contributed by atoms with Crippen LogP contribution in [0.2, 0.25) is 0 Å². The van der Waals surface area contributed by atoms with E-state index in [0.29, 0.717) is 6.04 Å². The predicted molar refractivity (Wildman–Crippen MR) is 68.0 cm³/mol. The maximum Gasteiger partial charge on any atom is 0.241 e. The number of rotatable bonds is 2. The van der Waals surface area contributed by atoms with E-state index in [9.17, 15) is 4.79 Å². The number of piperazine rings is 1. The largest absolute Gasteiger partial charge is 0.340 e. The summed E-state index contributed by atoms with van der Waals surface area (Å²) in [4.78, 5) is 18.8. The Morgan fingerprint density at radius 3 is 2.71 bits per heavy atom. The summed E-state index contributed by atoms with van der Waals surface area (Å²) >= 11 is 0. The highest BCUT2D eigenvalue weighted by Crippen LogP contribution is 2.15. The van der Waals surface area contributed by atoms with E-state index in [1.54, 1.807) is 0 Å². The molecule has 0 saturated carbocycles. The first kappa shape index (κ1) is 12.8. The van der Waals surface area contributed by atoms with E-state index >= 15 is 0 Å². The summed E-state index contributed by atoms with van der Waals surface area (Å²) in [5, 5.41) is 3.30. The number of carbonyl (C=O) groups is 1. The first-order valence-corrected chi connectivity index (χ1v) is 6.45. The second-order valence-electron chi connectivity index (χ2n) is 5.35. The standard InChI is InChI=1S/C12H24N4O/c1-14-6-4-10(9-14)16(3)12(17)11-8-13-5-7-15(11)2/h10-11,13H,4-9H2,1-3H3. The molecule has 2 aliphatic heterocycles. The Labute approximate surface area is 104 Å². The Morgan fingerprint density at radius 2 is 2.12 bits per heavy atom. The molecule has 0 aromatic heterocycles. The van der Waals surface area contributed by atoms with Gasteiger partial charge in [-0.2, -0.15) is 0 Å². The van der Waals surface area contributed by atoms with Gasteiger partial charge in [0.1, 0.15) is 6.04 Å². The number of hydrogen-bond acceptors (Lipinski definition) is 4. The van der Waals surface area contributed by atoms with Crippen molar-refractivity contribution in [2.75, 3.05) is 53.9 Å². The summed E-state index contributed by atoms with van der Waals surface area (Å²) in [7, 11) is 6.11. The average molecular weight is 240 g/mol. The zero-order chi connectivity index (χ0) is 12.4. The lowest BCUT2D eigenvalue weighted by Gasteiger charge is -2.36. The molecule has 5 nitrogen and oxygen atoms in total. The average Bonchev–Trinajstić information content (AvgIpc) is 2.75. The summed E-state index contributed by atoms with van der Waals surface area (Å²) in [5.41, 5.74) is 0. The van der Waals surface area contributed by atoms with Crippen molar-refractivity contribution in [2.45, 2.75) is 18.5 Å². The van der Waals surface area contributed by atoms with Crippen molar-refractivity contribution < 1.29 is 4.79 Å². The minimum absolute atomic E-state index is 0.0136. The van der Waals surface area contributed by atoms with Crippen molar-refractivity contribution in [1.29, 1.82) is 0 Å². The Morgan fingerprint density at radius 1 is 1.35 bits per heavy atom. The fourth-order valence-electron chi connectivity index (χ4n) is 2.72. The minimum Gasteiger partial charge on any atom is -0.340 e. The molecule has 2 heterocycles. The van der Waals surface area contributed by atoms with Crippen LogP contribution in [0.3, 0.4) is 0 Å². The van der Waals surface area contributed by atoms with Crippen LogP contribution in [-0.4, -0.2) is 86.6 Å². The second-order valence-corrected chi connectivity index (χ2v) is 5.35. The van der Waals surface area contributed by atoms with Crippen molar-refractivity contribution in [3.05, 3.63) is 0 Å². The van der Waals surface area contributed by atoms with Gasteiger partial charge in [-0.15, -0.1) is 0 Å². The van der Waals surface area contributed by atoms with Gasteiger partial charge in [0.2, 0.25) is 5.91 Å². The molecule has 2 aliphatic rings. The van der Waals surface area contributed by atoms with Crippen LogP contribution in [-0.2, 0) is 4.79 Å². The van der Waals surface area contributed by atoms with Gasteiger partial charge >= 0.3 is 0 Å². The monoisotopic (exact) mass is 240 g/mol. The number of amides is 1. The number of nitrogens with one attached hydrogen (secondary N) is 1. The van der Waals surface area contributed by atoms with Gasteiger partial charge in [0.25, 0.3) is 0 Å². The molecule has 2 fully saturated rings. The van der Waals surface area contributed by atoms with Crippen molar-refractivity contribution >= 4 is 5.91 Å². The van der Waals surface area contributed by atoms with Crippen LogP contribution < -0.4 is 5.32 Å². The highest BCUT2D eigenvalue weighted by molar-refractivity contribution is 5.82. The fraction of sp³-hybridized carbons (Fsp3) is 0.917. The van der Waals surface area contributed by atoms with Gasteiger partial charge in [-0.3, -0.25) is 9.69 Å². The van der Waals surface area contributed by atoms with Gasteiger partial charge < -0.3 is 15.1 Å². The Balaban J connectivity index is 1.94. The molecule has 2 rings (SSSR count). The molecule has 2 unspecified atom stereocenters. The van der Waals surface area contributed by atoms with Crippen LogP contribution in [0.5, 0.6) is 0 Å². The van der Waals surface area contributed by atoms with Crippen LogP contribution in [0.4, 0.5) is 0 Å². The Bertz CT molecular complexity index is 284. The molecule has 0 aromatic rings. The number of nitrogens with zero attached hydrogens (tertiary/aromatic N) is 3. The SMILES string of the molecule is CN1CCC(N(C)C(=O)C2CNCCN2C)C1. The lowest BCUT2D eigenvalue weighted by atomic mass is 10.1. The normalized spacial score (nSPS) is 31.7. The molecule has 2 saturated heterocycles. The lowest BCUT2D eigenvalue weighted by molar-refractivity contribution is -0.137. The molecule has 2 atom stereocenters. The minimum atomic E-state index is 0.0136. The van der Waals surface area contributed by atoms with E-state index in [0.717, 1.165) is 39.1 Å². The molecule has 0 bridgehead atoms. The van der Waals surface area contributed by atoms with Crippen LogP contribution >= 0.6 is 0 Å². The van der Waals surface area contributed by atoms with E-state index < -0.39 is 0 Å². The van der Waals surface area contributed by atoms with Gasteiger partial charge in [-0.25, -0.2) is 0 Å². The van der Waals surface area contributed by atoms with Crippen molar-refractivity contribution in [1.82, 2.24) is 20.0 Å². The molecule has 0 spiro atoms. The van der Waals surface area contributed by atoms with Crippen LogP contribution in [0.15, 0.2) is 0 Å². The lowest BCUT2D eigenvalue weighted by Crippen LogP contribution is -2.58. The van der Waals surface area contributed by atoms with Crippen LogP contribution in [0.1, 0.15) is 6.42 Å². The molecule has 5 heteroatoms. The Kier molecular flexibility index (Phi) is 4.01. The second kappa shape index (κ2) is 5.33. The van der Waals surface area contributed by atoms with E-state index in [1.165, 1.54) is 0 Å². The van der Waals surface area contributed by atoms with Crippen molar-refractivity contribution in [3.63, 3.8) is 0 Å². The van der Waals surface area contributed by atoms with E-state index in [1.807, 2.05) is 19.0 Å². The first-order chi connectivity index (χ1) is 8.09. The number of likely N-dealkylation sites (N-methyl/N-ethyl adjacent to an activating group) is 3. The Hall–Kier alpha value is -0.650. The first-order valence-electron chi connectivity index (χ1n) is 6.45. The number of likely N-dealkylation sites (tertiary alicyclic amines) is 1. The number of carbonyl (C=O) groups excluding carboxylic acids is 1. The molecular weight excluding hydrogens is 216 g/mol. The molecule has 0 aliphatic carbocycles. The van der Waals surface area contributed by atoms with E-state index in [2.05, 4.69) is 22.2 Å². The zero-order valence-corrected chi connectivity index (χ0v) is 11.1. The maximum atomic E-state index is 12.4. The van der Waals surface area contributed by atoms with Crippen LogP contribution in [0, 0.1) is 0 Å². The molecule has 17 heavy (non-hydrogen) atoms. The van der Waals surface area contributed by atoms with E-state index in [4.69, 9.17) is 0 Å². The molecule has 98 valence electrons. The van der Waals surface area contributed by atoms with E-state index in [-0.39, 0.29) is 11.9 Å². The van der Waals surface area contributed by atoms with Gasteiger partial charge in [-0.05, 0) is 27.1 Å². The van der Waals surface area contributed by atoms with Crippen molar-refractivity contribution in [3.8, 4) is 0 Å². The smallest absolute Gasteiger partial charge is 0.241 e. The highest BCUT2D eigenvalue weighted by atomic mass is 16.2. The topological polar surface area (TPSA) is 38.8 Å². The molecule has 0 aromatic carbocycles. The fourth-order valence-corrected chi connectivity index (χ4v) is 2.72. The predicted octanol–water partition coefficient (Wildman–Crippen LogP) is -0.947. The maximum absolute atomic E-state index is 12.4. The van der Waals surface area contributed by atoms with Gasteiger partial charge in [0.05, 0.1) is 0 Å². The molecular formula is C12H24N4O. The molecule has 0 radical (unpaired) electrons. The van der Waals surface area contributed by atoms with Gasteiger partial charge in [-0.1, -0.05) is 0 Å². The summed E-state index contributed by atoms with van der Waals surface area (Å²) in [6.07, 6.45) is 1.10. The van der Waals surface area contributed by atoms with Crippen LogP contribution in [0.25, 0.3) is 0 Å². The third kappa shape index (κ3) is 2.78. The number of hydrogen-bond donors (Lipinski definition) is 1. The summed E-state index contributed by atoms with van der Waals surface area (Å²) < 4.78 is 0. The van der Waals surface area contributed by atoms with Crippen molar-refractivity contribution in [2.24, 2.45) is 0 Å². The third-order valence-corrected chi connectivity index (χ3v) is 4.06. The quantitative estimate of drug-likeness (QED) is 0.676. The highest BCUT2D eigenvalue weighted by Gasteiger charge is 2.33. The summed E-state index contributed by atoms with van der Waals surface area (Å²) in [5.74, 6) is 0.264. The molecule has 1 amide bonds. The summed E-state index contributed by atoms with van der Waals surface area (Å²) in [6, 6.07) is 0.405. The van der Waals surface area contributed by atoms with Gasteiger partial charge in [0, 0.05) is 39.3 Å². The molecule has 1 N–H and O–H groups in total.